The molecule has 23 heavy (non-hydrogen) atoms. The van der Waals surface area contributed by atoms with Gasteiger partial charge in [-0.3, -0.25) is 4.98 Å². The molecule has 0 saturated carbocycles. The topological polar surface area (TPSA) is 92.2 Å². The van der Waals surface area contributed by atoms with Gasteiger partial charge in [0.2, 0.25) is 10.0 Å². The summed E-state index contributed by atoms with van der Waals surface area (Å²) in [7, 11) is -3.76. The van der Waals surface area contributed by atoms with Gasteiger partial charge in [-0.15, -0.1) is 0 Å². The van der Waals surface area contributed by atoms with Crippen LogP contribution in [0.1, 0.15) is 18.5 Å². The monoisotopic (exact) mass is 352 g/mol. The molecule has 6 nitrogen and oxygen atoms in total. The van der Waals surface area contributed by atoms with E-state index in [9.17, 15) is 13.2 Å². The van der Waals surface area contributed by atoms with Gasteiger partial charge in [-0.2, -0.15) is 0 Å². The van der Waals surface area contributed by atoms with Crippen molar-refractivity contribution >= 4 is 32.7 Å². The number of sulfonamides is 1. The second-order valence-corrected chi connectivity index (χ2v) is 7.22. The van der Waals surface area contributed by atoms with Gasteiger partial charge in [0.15, 0.2) is 5.58 Å². The number of hydrogen-bond acceptors (Lipinski definition) is 4. The molecule has 0 amide bonds. The molecule has 2 aromatic carbocycles. The molecule has 0 fully saturated rings. The van der Waals surface area contributed by atoms with Crippen LogP contribution in [-0.4, -0.2) is 13.4 Å². The smallest absolute Gasteiger partial charge is 0.408 e. The fourth-order valence-electron chi connectivity index (χ4n) is 2.21. The van der Waals surface area contributed by atoms with Crippen molar-refractivity contribution in [2.24, 2.45) is 0 Å². The summed E-state index contributed by atoms with van der Waals surface area (Å²) in [6.45, 7) is 1.73. The van der Waals surface area contributed by atoms with Crippen LogP contribution in [0.4, 0.5) is 0 Å². The number of hydrogen-bond donors (Lipinski definition) is 2. The number of nitrogens with one attached hydrogen (secondary N) is 2. The molecule has 2 N–H and O–H groups in total. The second-order valence-electron chi connectivity index (χ2n) is 5.07. The van der Waals surface area contributed by atoms with E-state index >= 15 is 0 Å². The van der Waals surface area contributed by atoms with E-state index in [1.807, 2.05) is 0 Å². The summed E-state index contributed by atoms with van der Waals surface area (Å²) in [5, 5.41) is 0.580. The first-order valence-corrected chi connectivity index (χ1v) is 8.62. The van der Waals surface area contributed by atoms with Crippen LogP contribution in [0.25, 0.3) is 11.1 Å². The van der Waals surface area contributed by atoms with Crippen LogP contribution in [-0.2, 0) is 10.0 Å². The Morgan fingerprint density at radius 3 is 2.57 bits per heavy atom. The summed E-state index contributed by atoms with van der Waals surface area (Å²) < 4.78 is 32.4. The first-order valence-electron chi connectivity index (χ1n) is 6.76. The minimum absolute atomic E-state index is 0.0218. The fourth-order valence-corrected chi connectivity index (χ4v) is 3.59. The van der Waals surface area contributed by atoms with Gasteiger partial charge in [-0.1, -0.05) is 23.7 Å². The molecular weight excluding hydrogens is 340 g/mol. The zero-order chi connectivity index (χ0) is 16.6. The average Bonchev–Trinajstić information content (AvgIpc) is 2.86. The Balaban J connectivity index is 1.90. The Morgan fingerprint density at radius 2 is 1.87 bits per heavy atom. The van der Waals surface area contributed by atoms with Crippen molar-refractivity contribution in [3.05, 3.63) is 63.6 Å². The molecule has 0 aliphatic carbocycles. The van der Waals surface area contributed by atoms with Crippen LogP contribution in [0.5, 0.6) is 0 Å². The van der Waals surface area contributed by atoms with Crippen molar-refractivity contribution in [3.8, 4) is 0 Å². The molecule has 0 unspecified atom stereocenters. The highest BCUT2D eigenvalue weighted by atomic mass is 35.5. The first-order chi connectivity index (χ1) is 10.8. The largest absolute Gasteiger partial charge is 0.417 e. The zero-order valence-corrected chi connectivity index (χ0v) is 13.6. The van der Waals surface area contributed by atoms with Gasteiger partial charge in [0.25, 0.3) is 0 Å². The van der Waals surface area contributed by atoms with Crippen molar-refractivity contribution in [1.29, 1.82) is 0 Å². The molecule has 0 aliphatic rings. The van der Waals surface area contributed by atoms with Gasteiger partial charge in [0, 0.05) is 17.1 Å². The highest BCUT2D eigenvalue weighted by molar-refractivity contribution is 7.89. The van der Waals surface area contributed by atoms with E-state index < -0.39 is 21.8 Å². The van der Waals surface area contributed by atoms with Crippen molar-refractivity contribution in [1.82, 2.24) is 9.71 Å². The zero-order valence-electron chi connectivity index (χ0n) is 12.0. The second kappa shape index (κ2) is 5.84. The summed E-state index contributed by atoms with van der Waals surface area (Å²) in [6.07, 6.45) is 0. The summed E-state index contributed by atoms with van der Waals surface area (Å²) in [5.41, 5.74) is 1.42. The predicted octanol–water partition coefficient (Wildman–Crippen LogP) is 2.81. The van der Waals surface area contributed by atoms with E-state index in [1.165, 1.54) is 18.2 Å². The molecule has 0 bridgehead atoms. The Hall–Kier alpha value is -2.09. The van der Waals surface area contributed by atoms with Gasteiger partial charge in [-0.05, 0) is 36.8 Å². The molecule has 1 atom stereocenters. The van der Waals surface area contributed by atoms with Crippen LogP contribution < -0.4 is 10.5 Å². The standard InChI is InChI=1S/C15H13ClN2O4S/c1-9(10-2-4-11(16)5-3-10)18-23(20,21)12-6-7-13-14(8-12)22-15(19)17-13/h2-9,18H,1H3,(H,17,19)/t9-/m0/s1. The number of aromatic nitrogens is 1. The van der Waals surface area contributed by atoms with Crippen LogP contribution in [0, 0.1) is 0 Å². The predicted molar refractivity (Wildman–Crippen MR) is 87.0 cm³/mol. The lowest BCUT2D eigenvalue weighted by Crippen LogP contribution is -2.26. The highest BCUT2D eigenvalue weighted by Crippen LogP contribution is 2.21. The minimum Gasteiger partial charge on any atom is -0.408 e. The normalized spacial score (nSPS) is 13.3. The molecule has 3 aromatic rings. The van der Waals surface area contributed by atoms with Crippen LogP contribution in [0.15, 0.2) is 56.6 Å². The van der Waals surface area contributed by atoms with E-state index in [4.69, 9.17) is 16.0 Å². The summed E-state index contributed by atoms with van der Waals surface area (Å²) in [4.78, 5) is 13.6. The quantitative estimate of drug-likeness (QED) is 0.755. The van der Waals surface area contributed by atoms with Gasteiger partial charge >= 0.3 is 5.76 Å². The fraction of sp³-hybridized carbons (Fsp3) is 0.133. The number of rotatable bonds is 4. The molecule has 120 valence electrons. The van der Waals surface area contributed by atoms with Crippen LogP contribution in [0.2, 0.25) is 5.02 Å². The molecule has 1 heterocycles. The van der Waals surface area contributed by atoms with Crippen molar-refractivity contribution in [2.45, 2.75) is 17.9 Å². The molecule has 1 aromatic heterocycles. The number of oxazole rings is 1. The van der Waals surface area contributed by atoms with Gasteiger partial charge in [-0.25, -0.2) is 17.9 Å². The number of H-pyrrole nitrogens is 1. The molecule has 0 aliphatic heterocycles. The van der Waals surface area contributed by atoms with Crippen LogP contribution >= 0.6 is 11.6 Å². The number of halogens is 1. The molecule has 8 heteroatoms. The minimum atomic E-state index is -3.76. The molecule has 0 spiro atoms. The van der Waals surface area contributed by atoms with E-state index in [2.05, 4.69) is 9.71 Å². The number of fused-ring (bicyclic) bond motifs is 1. The Morgan fingerprint density at radius 1 is 1.17 bits per heavy atom. The molecule has 0 saturated heterocycles. The summed E-state index contributed by atoms with van der Waals surface area (Å²) >= 11 is 5.83. The first kappa shape index (κ1) is 15.8. The third kappa shape index (κ3) is 3.31. The van der Waals surface area contributed by atoms with Crippen molar-refractivity contribution in [2.75, 3.05) is 0 Å². The maximum atomic E-state index is 12.5. The van der Waals surface area contributed by atoms with E-state index in [-0.39, 0.29) is 10.5 Å². The lowest BCUT2D eigenvalue weighted by Gasteiger charge is -2.14. The van der Waals surface area contributed by atoms with E-state index in [0.717, 1.165) is 5.56 Å². The average molecular weight is 353 g/mol. The molecule has 0 radical (unpaired) electrons. The van der Waals surface area contributed by atoms with E-state index in [0.29, 0.717) is 10.5 Å². The van der Waals surface area contributed by atoms with Gasteiger partial charge in [0.1, 0.15) is 0 Å². The third-order valence-corrected chi connectivity index (χ3v) is 5.20. The third-order valence-electron chi connectivity index (χ3n) is 3.40. The Bertz CT molecular complexity index is 1010. The summed E-state index contributed by atoms with van der Waals surface area (Å²) in [6, 6.07) is 10.7. The number of aromatic amines is 1. The Kier molecular flexibility index (Phi) is 4.01. The lowest BCUT2D eigenvalue weighted by molar-refractivity contribution is 0.552. The lowest BCUT2D eigenvalue weighted by atomic mass is 10.1. The van der Waals surface area contributed by atoms with E-state index in [1.54, 1.807) is 31.2 Å². The van der Waals surface area contributed by atoms with Crippen LogP contribution in [0.3, 0.4) is 0 Å². The SMILES string of the molecule is C[C@H](NS(=O)(=O)c1ccc2[nH]c(=O)oc2c1)c1ccc(Cl)cc1. The number of benzene rings is 2. The van der Waals surface area contributed by atoms with Gasteiger partial charge in [0.05, 0.1) is 10.4 Å². The molecular formula is C15H13ClN2O4S. The summed E-state index contributed by atoms with van der Waals surface area (Å²) in [5.74, 6) is -0.628. The maximum Gasteiger partial charge on any atom is 0.417 e. The highest BCUT2D eigenvalue weighted by Gasteiger charge is 2.19. The Labute approximate surface area is 137 Å². The van der Waals surface area contributed by atoms with Gasteiger partial charge < -0.3 is 4.42 Å². The van der Waals surface area contributed by atoms with Crippen molar-refractivity contribution in [3.63, 3.8) is 0 Å². The molecule has 3 rings (SSSR count). The maximum absolute atomic E-state index is 12.5. The van der Waals surface area contributed by atoms with Crippen molar-refractivity contribution < 1.29 is 12.8 Å².